The second kappa shape index (κ2) is 7.87. The van der Waals surface area contributed by atoms with Crippen LogP contribution in [0.3, 0.4) is 0 Å². The number of aryl methyl sites for hydroxylation is 1. The van der Waals surface area contributed by atoms with E-state index in [1.54, 1.807) is 11.2 Å². The molecular weight excluding hydrogens is 439 g/mol. The van der Waals surface area contributed by atoms with Crippen LogP contribution >= 0.6 is 0 Å². The Labute approximate surface area is 192 Å². The molecule has 0 fully saturated rings. The molecule has 0 aliphatic carbocycles. The number of amides is 1. The zero-order valence-electron chi connectivity index (χ0n) is 18.1. The van der Waals surface area contributed by atoms with Crippen molar-refractivity contribution in [3.63, 3.8) is 0 Å². The predicted molar refractivity (Wildman–Crippen MR) is 117 cm³/mol. The molecule has 5 aromatic rings. The number of rotatable bonds is 4. The van der Waals surface area contributed by atoms with Gasteiger partial charge in [0, 0.05) is 31.1 Å². The fraction of sp³-hybridized carbons (Fsp3) is 0.217. The lowest BCUT2D eigenvalue weighted by Gasteiger charge is -2.32. The van der Waals surface area contributed by atoms with E-state index >= 15 is 0 Å². The van der Waals surface area contributed by atoms with Crippen molar-refractivity contribution < 1.29 is 13.6 Å². The van der Waals surface area contributed by atoms with Crippen LogP contribution in [-0.4, -0.2) is 52.1 Å². The summed E-state index contributed by atoms with van der Waals surface area (Å²) in [6.45, 7) is 2.48. The smallest absolute Gasteiger partial charge is 0.312 e. The van der Waals surface area contributed by atoms with Crippen LogP contribution in [0.2, 0.25) is 0 Å². The van der Waals surface area contributed by atoms with Gasteiger partial charge in [0.1, 0.15) is 6.04 Å². The van der Waals surface area contributed by atoms with Gasteiger partial charge in [-0.2, -0.15) is 5.10 Å². The number of fused-ring (bicyclic) bond motifs is 2. The first kappa shape index (κ1) is 20.2. The standard InChI is InChI=1S/C23H19FN8O2/c1-2-13-5-4-9-32-17(13)11-16(30-32)20-19-15(26-12-27-19)7-10-31(20)23(33)22-29-28-21(34-22)18-14(24)6-3-8-25-18/h3-6,8-9,11-12,20H,2,7,10H2,1H3,(H,26,27)/t20-/m1/s1. The van der Waals surface area contributed by atoms with E-state index in [0.29, 0.717) is 18.7 Å². The number of H-pyrrole nitrogens is 1. The van der Waals surface area contributed by atoms with Crippen molar-refractivity contribution in [2.45, 2.75) is 25.8 Å². The van der Waals surface area contributed by atoms with Gasteiger partial charge >= 0.3 is 11.8 Å². The third-order valence-corrected chi connectivity index (χ3v) is 6.02. The van der Waals surface area contributed by atoms with Crippen LogP contribution in [0.4, 0.5) is 4.39 Å². The Kier molecular flexibility index (Phi) is 4.68. The summed E-state index contributed by atoms with van der Waals surface area (Å²) in [4.78, 5) is 26.7. The molecule has 1 atom stereocenters. The van der Waals surface area contributed by atoms with Gasteiger partial charge in [-0.3, -0.25) is 4.79 Å². The molecule has 0 saturated heterocycles. The summed E-state index contributed by atoms with van der Waals surface area (Å²) in [6, 6.07) is 8.14. The van der Waals surface area contributed by atoms with E-state index in [-0.39, 0.29) is 17.5 Å². The highest BCUT2D eigenvalue weighted by Crippen LogP contribution is 2.34. The highest BCUT2D eigenvalue weighted by molar-refractivity contribution is 5.90. The number of nitrogens with zero attached hydrogens (tertiary/aromatic N) is 7. The second-order valence-electron chi connectivity index (χ2n) is 7.95. The average molecular weight is 458 g/mol. The third kappa shape index (κ3) is 3.16. The Morgan fingerprint density at radius 3 is 3.03 bits per heavy atom. The number of aromatic amines is 1. The minimum absolute atomic E-state index is 0.105. The molecule has 5 aromatic heterocycles. The maximum atomic E-state index is 14.1. The zero-order valence-corrected chi connectivity index (χ0v) is 18.1. The average Bonchev–Trinajstić information content (AvgIpc) is 3.62. The summed E-state index contributed by atoms with van der Waals surface area (Å²) in [5, 5.41) is 12.5. The lowest BCUT2D eigenvalue weighted by molar-refractivity contribution is 0.0646. The van der Waals surface area contributed by atoms with Crippen LogP contribution in [0.15, 0.2) is 53.5 Å². The van der Waals surface area contributed by atoms with Crippen LogP contribution in [-0.2, 0) is 12.8 Å². The van der Waals surface area contributed by atoms with Crippen LogP contribution in [0, 0.1) is 5.82 Å². The number of nitrogens with one attached hydrogen (secondary N) is 1. The summed E-state index contributed by atoms with van der Waals surface area (Å²) >= 11 is 0. The molecule has 6 rings (SSSR count). The molecule has 0 aromatic carbocycles. The lowest BCUT2D eigenvalue weighted by Crippen LogP contribution is -2.41. The van der Waals surface area contributed by atoms with Crippen LogP contribution in [0.25, 0.3) is 17.1 Å². The van der Waals surface area contributed by atoms with Crippen LogP contribution in [0.1, 0.15) is 46.3 Å². The molecule has 170 valence electrons. The molecule has 0 saturated carbocycles. The third-order valence-electron chi connectivity index (χ3n) is 6.02. The predicted octanol–water partition coefficient (Wildman–Crippen LogP) is 2.99. The Bertz CT molecular complexity index is 1520. The maximum absolute atomic E-state index is 14.1. The van der Waals surface area contributed by atoms with E-state index in [2.05, 4.69) is 38.1 Å². The quantitative estimate of drug-likeness (QED) is 0.440. The van der Waals surface area contributed by atoms with Gasteiger partial charge in [0.2, 0.25) is 0 Å². The summed E-state index contributed by atoms with van der Waals surface area (Å²) in [7, 11) is 0. The number of hydrogen-bond acceptors (Lipinski definition) is 7. The number of carbonyl (C=O) groups excluding carboxylic acids is 1. The zero-order chi connectivity index (χ0) is 23.2. The number of carbonyl (C=O) groups is 1. The number of halogens is 1. The minimum Gasteiger partial charge on any atom is -0.411 e. The normalized spacial score (nSPS) is 15.6. The number of pyridine rings is 2. The lowest BCUT2D eigenvalue weighted by atomic mass is 9.99. The van der Waals surface area contributed by atoms with Gasteiger partial charge < -0.3 is 14.3 Å². The molecule has 0 spiro atoms. The SMILES string of the molecule is CCc1cccn2nc([C@@H]3c4nc[nH]c4CCN3C(=O)c3nnc(-c4ncccc4F)o3)cc12. The Morgan fingerprint density at radius 1 is 1.26 bits per heavy atom. The van der Waals surface area contributed by atoms with E-state index in [1.807, 2.05) is 22.8 Å². The Morgan fingerprint density at radius 2 is 2.18 bits per heavy atom. The van der Waals surface area contributed by atoms with Crippen LogP contribution in [0.5, 0.6) is 0 Å². The molecule has 1 N–H and O–H groups in total. The maximum Gasteiger partial charge on any atom is 0.312 e. The Hall–Kier alpha value is -4.41. The van der Waals surface area contributed by atoms with E-state index in [0.717, 1.165) is 28.9 Å². The molecule has 1 aliphatic rings. The van der Waals surface area contributed by atoms with Crippen molar-refractivity contribution in [1.29, 1.82) is 0 Å². The van der Waals surface area contributed by atoms with E-state index in [9.17, 15) is 9.18 Å². The number of imidazole rings is 1. The summed E-state index contributed by atoms with van der Waals surface area (Å²) in [6.07, 6.45) is 6.35. The van der Waals surface area contributed by atoms with Gasteiger partial charge in [0.15, 0.2) is 11.5 Å². The first-order chi connectivity index (χ1) is 16.6. The highest BCUT2D eigenvalue weighted by Gasteiger charge is 2.38. The molecular formula is C23H19FN8O2. The van der Waals surface area contributed by atoms with Crippen molar-refractivity contribution in [3.05, 3.63) is 83.4 Å². The molecule has 6 heterocycles. The molecule has 0 bridgehead atoms. The summed E-state index contributed by atoms with van der Waals surface area (Å²) < 4.78 is 21.5. The molecule has 1 aliphatic heterocycles. The van der Waals surface area contributed by atoms with Gasteiger partial charge in [0.05, 0.1) is 23.2 Å². The molecule has 0 unspecified atom stereocenters. The summed E-state index contributed by atoms with van der Waals surface area (Å²) in [5.74, 6) is -1.50. The second-order valence-corrected chi connectivity index (χ2v) is 7.95. The van der Waals surface area contributed by atoms with Crippen molar-refractivity contribution in [1.82, 2.24) is 39.7 Å². The molecule has 10 nitrogen and oxygen atoms in total. The highest BCUT2D eigenvalue weighted by atomic mass is 19.1. The fourth-order valence-electron chi connectivity index (χ4n) is 4.39. The van der Waals surface area contributed by atoms with Crippen molar-refractivity contribution in [2.75, 3.05) is 6.54 Å². The van der Waals surface area contributed by atoms with Crippen molar-refractivity contribution >= 4 is 11.4 Å². The van der Waals surface area contributed by atoms with Gasteiger partial charge in [-0.1, -0.05) is 13.0 Å². The van der Waals surface area contributed by atoms with Gasteiger partial charge in [-0.25, -0.2) is 18.9 Å². The van der Waals surface area contributed by atoms with E-state index in [4.69, 9.17) is 9.52 Å². The van der Waals surface area contributed by atoms with Gasteiger partial charge in [0.25, 0.3) is 5.89 Å². The topological polar surface area (TPSA) is 118 Å². The monoisotopic (exact) mass is 458 g/mol. The molecule has 11 heteroatoms. The van der Waals surface area contributed by atoms with Crippen molar-refractivity contribution in [3.8, 4) is 11.6 Å². The van der Waals surface area contributed by atoms with E-state index < -0.39 is 17.8 Å². The first-order valence-corrected chi connectivity index (χ1v) is 10.9. The van der Waals surface area contributed by atoms with E-state index in [1.165, 1.54) is 18.3 Å². The van der Waals surface area contributed by atoms with Gasteiger partial charge in [-0.05, 0) is 36.2 Å². The molecule has 0 radical (unpaired) electrons. The number of hydrogen-bond donors (Lipinski definition) is 1. The first-order valence-electron chi connectivity index (χ1n) is 10.9. The van der Waals surface area contributed by atoms with Gasteiger partial charge in [-0.15, -0.1) is 10.2 Å². The molecule has 1 amide bonds. The van der Waals surface area contributed by atoms with Crippen LogP contribution < -0.4 is 0 Å². The largest absolute Gasteiger partial charge is 0.411 e. The molecule has 34 heavy (non-hydrogen) atoms. The Balaban J connectivity index is 1.41. The number of aromatic nitrogens is 7. The minimum atomic E-state index is -0.612. The van der Waals surface area contributed by atoms with Crippen molar-refractivity contribution in [2.24, 2.45) is 0 Å². The summed E-state index contributed by atoms with van der Waals surface area (Å²) in [5.41, 5.74) is 4.36. The fourth-order valence-corrected chi connectivity index (χ4v) is 4.39.